The normalized spacial score (nSPS) is 9.57. The van der Waals surface area contributed by atoms with E-state index in [4.69, 9.17) is 5.73 Å². The molecule has 0 radical (unpaired) electrons. The summed E-state index contributed by atoms with van der Waals surface area (Å²) in [6.45, 7) is 1.43. The van der Waals surface area contributed by atoms with E-state index in [2.05, 4.69) is 4.98 Å². The van der Waals surface area contributed by atoms with Gasteiger partial charge in [-0.2, -0.15) is 0 Å². The zero-order valence-electron chi connectivity index (χ0n) is 8.02. The average Bonchev–Trinajstić information content (AvgIpc) is 2.16. The molecule has 1 aromatic heterocycles. The van der Waals surface area contributed by atoms with E-state index in [1.54, 1.807) is 13.1 Å². The van der Waals surface area contributed by atoms with Crippen molar-refractivity contribution in [3.63, 3.8) is 0 Å². The largest absolute Gasteiger partial charge is 0.366 e. The molecule has 0 atom stereocenters. The number of carbonyl (C=O) groups is 2. The van der Waals surface area contributed by atoms with Crippen LogP contribution in [-0.2, 0) is 4.79 Å². The smallest absolute Gasteiger partial charge is 0.250 e. The van der Waals surface area contributed by atoms with Gasteiger partial charge in [-0.05, 0) is 12.1 Å². The Morgan fingerprint density at radius 2 is 2.07 bits per heavy atom. The number of pyridine rings is 1. The van der Waals surface area contributed by atoms with Crippen molar-refractivity contribution in [1.29, 1.82) is 0 Å². The molecular weight excluding hydrogens is 182 g/mol. The molecule has 0 aliphatic rings. The molecular formula is C9H11N3O2. The number of carbonyl (C=O) groups excluding carboxylic acids is 2. The predicted octanol–water partition coefficient (Wildman–Crippen LogP) is 0.163. The molecule has 5 heteroatoms. The first kappa shape index (κ1) is 10.2. The number of hydrogen-bond acceptors (Lipinski definition) is 3. The Hall–Kier alpha value is -1.91. The third kappa shape index (κ3) is 2.07. The fourth-order valence-electron chi connectivity index (χ4n) is 0.892. The van der Waals surface area contributed by atoms with Gasteiger partial charge >= 0.3 is 0 Å². The van der Waals surface area contributed by atoms with E-state index in [-0.39, 0.29) is 5.91 Å². The highest BCUT2D eigenvalue weighted by molar-refractivity contribution is 5.93. The summed E-state index contributed by atoms with van der Waals surface area (Å²) in [6.07, 6.45) is 1.34. The van der Waals surface area contributed by atoms with Gasteiger partial charge in [-0.25, -0.2) is 4.98 Å². The van der Waals surface area contributed by atoms with Crippen LogP contribution in [0.2, 0.25) is 0 Å². The number of rotatable bonds is 2. The van der Waals surface area contributed by atoms with Gasteiger partial charge in [-0.15, -0.1) is 0 Å². The summed E-state index contributed by atoms with van der Waals surface area (Å²) in [6, 6.07) is 3.10. The lowest BCUT2D eigenvalue weighted by Crippen LogP contribution is -2.24. The van der Waals surface area contributed by atoms with Crippen LogP contribution in [-0.4, -0.2) is 23.8 Å². The fourth-order valence-corrected chi connectivity index (χ4v) is 0.892. The monoisotopic (exact) mass is 193 g/mol. The van der Waals surface area contributed by atoms with Crippen LogP contribution in [0.15, 0.2) is 18.3 Å². The van der Waals surface area contributed by atoms with Gasteiger partial charge in [-0.1, -0.05) is 0 Å². The number of nitrogens with two attached hydrogens (primary N) is 1. The number of anilines is 1. The van der Waals surface area contributed by atoms with Crippen LogP contribution in [0, 0.1) is 0 Å². The highest BCUT2D eigenvalue weighted by atomic mass is 16.2. The lowest BCUT2D eigenvalue weighted by atomic mass is 10.2. The Bertz CT molecular complexity index is 359. The van der Waals surface area contributed by atoms with Crippen molar-refractivity contribution in [1.82, 2.24) is 4.98 Å². The van der Waals surface area contributed by atoms with Crippen molar-refractivity contribution < 1.29 is 9.59 Å². The molecule has 0 unspecified atom stereocenters. The van der Waals surface area contributed by atoms with E-state index in [0.717, 1.165) is 0 Å². The van der Waals surface area contributed by atoms with Gasteiger partial charge in [0.05, 0.1) is 5.56 Å². The minimum atomic E-state index is -0.533. The number of amides is 2. The number of aromatic nitrogens is 1. The lowest BCUT2D eigenvalue weighted by Gasteiger charge is -2.13. The molecule has 0 aliphatic carbocycles. The molecule has 0 saturated carbocycles. The van der Waals surface area contributed by atoms with E-state index in [1.807, 2.05) is 0 Å². The van der Waals surface area contributed by atoms with E-state index < -0.39 is 5.91 Å². The van der Waals surface area contributed by atoms with E-state index in [1.165, 1.54) is 24.1 Å². The third-order valence-corrected chi connectivity index (χ3v) is 1.85. The quantitative estimate of drug-likeness (QED) is 0.727. The summed E-state index contributed by atoms with van der Waals surface area (Å²) in [5.74, 6) is -0.165. The van der Waals surface area contributed by atoms with Gasteiger partial charge in [0.1, 0.15) is 5.82 Å². The Labute approximate surface area is 81.5 Å². The molecule has 1 heterocycles. The standard InChI is InChI=1S/C9H11N3O2/c1-6(13)12(2)8-4-3-7(5-11-8)9(10)14/h3-5H,1-2H3,(H2,10,14). The Kier molecular flexibility index (Phi) is 2.81. The van der Waals surface area contributed by atoms with Crippen molar-refractivity contribution in [2.24, 2.45) is 5.73 Å². The molecule has 0 saturated heterocycles. The Morgan fingerprint density at radius 3 is 2.43 bits per heavy atom. The molecule has 0 bridgehead atoms. The summed E-state index contributed by atoms with van der Waals surface area (Å²) < 4.78 is 0. The van der Waals surface area contributed by atoms with Crippen LogP contribution >= 0.6 is 0 Å². The highest BCUT2D eigenvalue weighted by Crippen LogP contribution is 2.08. The van der Waals surface area contributed by atoms with Gasteiger partial charge in [0.15, 0.2) is 0 Å². The maximum absolute atomic E-state index is 11.0. The third-order valence-electron chi connectivity index (χ3n) is 1.85. The first-order valence-corrected chi connectivity index (χ1v) is 4.02. The van der Waals surface area contributed by atoms with Crippen molar-refractivity contribution in [3.05, 3.63) is 23.9 Å². The van der Waals surface area contributed by atoms with Crippen LogP contribution in [0.5, 0.6) is 0 Å². The number of nitrogens with zero attached hydrogens (tertiary/aromatic N) is 2. The van der Waals surface area contributed by atoms with E-state index >= 15 is 0 Å². The zero-order chi connectivity index (χ0) is 10.7. The summed E-state index contributed by atoms with van der Waals surface area (Å²) in [5, 5.41) is 0. The Balaban J connectivity index is 2.94. The number of hydrogen-bond donors (Lipinski definition) is 1. The first-order chi connectivity index (χ1) is 6.52. The minimum absolute atomic E-state index is 0.121. The highest BCUT2D eigenvalue weighted by Gasteiger charge is 2.07. The molecule has 0 fully saturated rings. The molecule has 1 rings (SSSR count). The van der Waals surface area contributed by atoms with E-state index in [9.17, 15) is 9.59 Å². The van der Waals surface area contributed by atoms with Crippen LogP contribution in [0.4, 0.5) is 5.82 Å². The van der Waals surface area contributed by atoms with E-state index in [0.29, 0.717) is 11.4 Å². The molecule has 2 amide bonds. The second-order valence-corrected chi connectivity index (χ2v) is 2.85. The van der Waals surface area contributed by atoms with Gasteiger partial charge in [0.2, 0.25) is 11.8 Å². The predicted molar refractivity (Wildman–Crippen MR) is 51.8 cm³/mol. The molecule has 0 spiro atoms. The maximum atomic E-state index is 11.0. The minimum Gasteiger partial charge on any atom is -0.366 e. The van der Waals surface area contributed by atoms with Crippen molar-refractivity contribution in [3.8, 4) is 0 Å². The molecule has 1 aromatic rings. The lowest BCUT2D eigenvalue weighted by molar-refractivity contribution is -0.116. The van der Waals surface area contributed by atoms with Crippen molar-refractivity contribution >= 4 is 17.6 Å². The van der Waals surface area contributed by atoms with Gasteiger partial charge in [0, 0.05) is 20.2 Å². The van der Waals surface area contributed by atoms with Crippen LogP contribution < -0.4 is 10.6 Å². The first-order valence-electron chi connectivity index (χ1n) is 4.02. The summed E-state index contributed by atoms with van der Waals surface area (Å²) >= 11 is 0. The molecule has 0 aromatic carbocycles. The van der Waals surface area contributed by atoms with Crippen molar-refractivity contribution in [2.45, 2.75) is 6.92 Å². The number of primary amides is 1. The van der Waals surface area contributed by atoms with Crippen LogP contribution in [0.1, 0.15) is 17.3 Å². The fraction of sp³-hybridized carbons (Fsp3) is 0.222. The molecule has 2 N–H and O–H groups in total. The Morgan fingerprint density at radius 1 is 1.43 bits per heavy atom. The molecule has 14 heavy (non-hydrogen) atoms. The molecule has 5 nitrogen and oxygen atoms in total. The maximum Gasteiger partial charge on any atom is 0.250 e. The van der Waals surface area contributed by atoms with Gasteiger partial charge < -0.3 is 10.6 Å². The summed E-state index contributed by atoms with van der Waals surface area (Å²) in [4.78, 5) is 27.0. The molecule has 0 aliphatic heterocycles. The van der Waals surface area contributed by atoms with Crippen LogP contribution in [0.25, 0.3) is 0 Å². The zero-order valence-corrected chi connectivity index (χ0v) is 8.02. The topological polar surface area (TPSA) is 76.3 Å². The van der Waals surface area contributed by atoms with Gasteiger partial charge in [0.25, 0.3) is 0 Å². The second-order valence-electron chi connectivity index (χ2n) is 2.85. The summed E-state index contributed by atoms with van der Waals surface area (Å²) in [7, 11) is 1.61. The van der Waals surface area contributed by atoms with Crippen molar-refractivity contribution in [2.75, 3.05) is 11.9 Å². The summed E-state index contributed by atoms with van der Waals surface area (Å²) in [5.41, 5.74) is 5.36. The van der Waals surface area contributed by atoms with Crippen LogP contribution in [0.3, 0.4) is 0 Å². The SMILES string of the molecule is CC(=O)N(C)c1ccc(C(N)=O)cn1. The average molecular weight is 193 g/mol. The molecule has 74 valence electrons. The van der Waals surface area contributed by atoms with Gasteiger partial charge in [-0.3, -0.25) is 9.59 Å². The second kappa shape index (κ2) is 3.87.